The molecule has 174 valence electrons. The zero-order chi connectivity index (χ0) is 24.0. The van der Waals surface area contributed by atoms with Gasteiger partial charge >= 0.3 is 0 Å². The first-order valence-electron chi connectivity index (χ1n) is 11.7. The average molecular weight is 473 g/mol. The molecule has 5 nitrogen and oxygen atoms in total. The molecule has 1 atom stereocenters. The third-order valence-electron chi connectivity index (χ3n) is 6.78. The number of allylic oxidation sites excluding steroid dienone is 3. The van der Waals surface area contributed by atoms with Gasteiger partial charge in [0.15, 0.2) is 5.78 Å². The highest BCUT2D eigenvalue weighted by atomic mass is 35.5. The number of nitrogens with two attached hydrogens (primary N) is 1. The number of hydrogen-bond acceptors (Lipinski definition) is 5. The number of rotatable bonds is 4. The van der Waals surface area contributed by atoms with E-state index in [1.54, 1.807) is 0 Å². The van der Waals surface area contributed by atoms with Gasteiger partial charge in [-0.05, 0) is 48.1 Å². The Kier molecular flexibility index (Phi) is 5.61. The molecule has 0 amide bonds. The number of carbonyl (C=O) groups excluding carboxylic acids is 1. The summed E-state index contributed by atoms with van der Waals surface area (Å²) in [6.45, 7) is 6.33. The molecular formula is C28H29ClN4O. The molecule has 3 aromatic rings. The van der Waals surface area contributed by atoms with E-state index in [4.69, 9.17) is 17.3 Å². The van der Waals surface area contributed by atoms with Gasteiger partial charge in [0.05, 0.1) is 16.9 Å². The number of halogens is 1. The molecule has 1 aliphatic heterocycles. The molecule has 34 heavy (non-hydrogen) atoms. The minimum Gasteiger partial charge on any atom is -0.384 e. The summed E-state index contributed by atoms with van der Waals surface area (Å²) < 4.78 is 0. The van der Waals surface area contributed by atoms with Gasteiger partial charge in [0.25, 0.3) is 0 Å². The molecule has 0 bridgehead atoms. The Morgan fingerprint density at radius 1 is 1.12 bits per heavy atom. The van der Waals surface area contributed by atoms with Gasteiger partial charge in [-0.1, -0.05) is 68.8 Å². The average Bonchev–Trinajstić information content (AvgIpc) is 2.80. The highest BCUT2D eigenvalue weighted by Gasteiger charge is 2.44. The first kappa shape index (κ1) is 22.5. The van der Waals surface area contributed by atoms with Gasteiger partial charge in [-0.15, -0.1) is 0 Å². The van der Waals surface area contributed by atoms with Gasteiger partial charge < -0.3 is 5.73 Å². The summed E-state index contributed by atoms with van der Waals surface area (Å²) in [5, 5.41) is 3.32. The van der Waals surface area contributed by atoms with E-state index < -0.39 is 0 Å². The lowest BCUT2D eigenvalue weighted by Crippen LogP contribution is -2.44. The maximum Gasteiger partial charge on any atom is 0.162 e. The number of carbonyl (C=O) groups is 1. The summed E-state index contributed by atoms with van der Waals surface area (Å²) in [5.74, 6) is 0.436. The lowest BCUT2D eigenvalue weighted by atomic mass is 9.68. The largest absolute Gasteiger partial charge is 0.384 e. The highest BCUT2D eigenvalue weighted by Crippen LogP contribution is 2.50. The maximum absolute atomic E-state index is 13.7. The number of pyridine rings is 1. The van der Waals surface area contributed by atoms with E-state index in [0.29, 0.717) is 23.8 Å². The number of nitrogens with zero attached hydrogens (tertiary/aromatic N) is 2. The standard InChI is InChI=1S/C28H29ClN4O/c1-4-19-24(20-14-17-10-8-9-13-21(17)31-26(20)29)25-22(15-28(2,3)16-23(25)34)33(27(19)30)32-18-11-6-5-7-12-18/h5-14,24,32H,4,15-16,30H2,1-3H3. The van der Waals surface area contributed by atoms with Crippen molar-refractivity contribution in [1.82, 2.24) is 9.99 Å². The van der Waals surface area contributed by atoms with E-state index in [2.05, 4.69) is 37.2 Å². The van der Waals surface area contributed by atoms with Gasteiger partial charge in [0, 0.05) is 28.9 Å². The van der Waals surface area contributed by atoms with Crippen LogP contribution in [0.4, 0.5) is 5.69 Å². The molecule has 1 unspecified atom stereocenters. The second-order valence-corrected chi connectivity index (χ2v) is 10.2. The number of benzene rings is 2. The van der Waals surface area contributed by atoms with Crippen LogP contribution in [-0.2, 0) is 4.79 Å². The highest BCUT2D eigenvalue weighted by molar-refractivity contribution is 6.30. The molecule has 5 rings (SSSR count). The van der Waals surface area contributed by atoms with E-state index in [1.165, 1.54) is 0 Å². The van der Waals surface area contributed by atoms with Crippen molar-refractivity contribution < 1.29 is 4.79 Å². The van der Waals surface area contributed by atoms with Crippen LogP contribution in [-0.4, -0.2) is 15.8 Å². The number of anilines is 1. The number of Topliss-reactive ketones (excluding diaryl/α,β-unsaturated/α-hetero) is 1. The summed E-state index contributed by atoms with van der Waals surface area (Å²) in [6, 6.07) is 19.9. The van der Waals surface area contributed by atoms with E-state index >= 15 is 0 Å². The molecule has 0 radical (unpaired) electrons. The molecule has 6 heteroatoms. The van der Waals surface area contributed by atoms with Crippen molar-refractivity contribution in [2.24, 2.45) is 11.1 Å². The fourth-order valence-corrected chi connectivity index (χ4v) is 5.50. The number of hydrogen-bond donors (Lipinski definition) is 2. The van der Waals surface area contributed by atoms with Crippen LogP contribution in [0.25, 0.3) is 10.9 Å². The van der Waals surface area contributed by atoms with Crippen molar-refractivity contribution in [3.8, 4) is 0 Å². The number of fused-ring (bicyclic) bond motifs is 1. The number of nitrogens with one attached hydrogen (secondary N) is 1. The Labute approximate surface area is 205 Å². The third-order valence-corrected chi connectivity index (χ3v) is 7.09. The smallest absolute Gasteiger partial charge is 0.162 e. The molecule has 1 aromatic heterocycles. The van der Waals surface area contributed by atoms with Gasteiger partial charge in [0.2, 0.25) is 0 Å². The van der Waals surface area contributed by atoms with Crippen molar-refractivity contribution in [1.29, 1.82) is 0 Å². The van der Waals surface area contributed by atoms with E-state index in [1.807, 2.05) is 59.6 Å². The zero-order valence-corrected chi connectivity index (χ0v) is 20.5. The first-order chi connectivity index (χ1) is 16.3. The second kappa shape index (κ2) is 8.48. The minimum atomic E-state index is -0.318. The molecule has 2 aromatic carbocycles. The molecule has 2 aliphatic rings. The van der Waals surface area contributed by atoms with Crippen LogP contribution in [0.5, 0.6) is 0 Å². The lowest BCUT2D eigenvalue weighted by Gasteiger charge is -2.45. The SMILES string of the molecule is CCC1=C(N)N(Nc2ccccc2)C2=C(C(=O)CC(C)(C)C2)C1c1cc2ccccc2nc1Cl. The molecule has 2 heterocycles. The summed E-state index contributed by atoms with van der Waals surface area (Å²) in [5.41, 5.74) is 15.4. The molecule has 0 fully saturated rings. The van der Waals surface area contributed by atoms with Crippen molar-refractivity contribution in [3.05, 3.63) is 94.0 Å². The van der Waals surface area contributed by atoms with Crippen molar-refractivity contribution in [2.75, 3.05) is 5.43 Å². The topological polar surface area (TPSA) is 71.2 Å². The lowest BCUT2D eigenvalue weighted by molar-refractivity contribution is -0.118. The summed E-state index contributed by atoms with van der Waals surface area (Å²) in [7, 11) is 0. The van der Waals surface area contributed by atoms with Gasteiger partial charge in [0.1, 0.15) is 11.0 Å². The molecule has 0 saturated carbocycles. The van der Waals surface area contributed by atoms with Crippen LogP contribution in [0.2, 0.25) is 5.15 Å². The predicted octanol–water partition coefficient (Wildman–Crippen LogP) is 6.54. The third kappa shape index (κ3) is 3.84. The number of hydrazine groups is 1. The van der Waals surface area contributed by atoms with Gasteiger partial charge in [-0.3, -0.25) is 10.2 Å². The van der Waals surface area contributed by atoms with Gasteiger partial charge in [-0.25, -0.2) is 9.99 Å². The molecular weight excluding hydrogens is 444 g/mol. The van der Waals surface area contributed by atoms with Crippen molar-refractivity contribution >= 4 is 34.0 Å². The van der Waals surface area contributed by atoms with Crippen LogP contribution in [0, 0.1) is 5.41 Å². The zero-order valence-electron chi connectivity index (χ0n) is 19.7. The Morgan fingerprint density at radius 3 is 2.56 bits per heavy atom. The van der Waals surface area contributed by atoms with Crippen LogP contribution in [0.1, 0.15) is 51.5 Å². The fraction of sp³-hybridized carbons (Fsp3) is 0.286. The Balaban J connectivity index is 1.73. The maximum atomic E-state index is 13.7. The van der Waals surface area contributed by atoms with E-state index in [9.17, 15) is 4.79 Å². The second-order valence-electron chi connectivity index (χ2n) is 9.87. The van der Waals surface area contributed by atoms with E-state index in [-0.39, 0.29) is 17.1 Å². The Hall–Kier alpha value is -3.31. The predicted molar refractivity (Wildman–Crippen MR) is 138 cm³/mol. The summed E-state index contributed by atoms with van der Waals surface area (Å²) in [6.07, 6.45) is 1.89. The van der Waals surface area contributed by atoms with E-state index in [0.717, 1.165) is 45.4 Å². The minimum absolute atomic E-state index is 0.138. The first-order valence-corrected chi connectivity index (χ1v) is 12.1. The summed E-state index contributed by atoms with van der Waals surface area (Å²) in [4.78, 5) is 18.4. The Bertz CT molecular complexity index is 1340. The molecule has 1 aliphatic carbocycles. The molecule has 3 N–H and O–H groups in total. The fourth-order valence-electron chi connectivity index (χ4n) is 5.25. The monoisotopic (exact) mass is 472 g/mol. The molecule has 0 spiro atoms. The number of para-hydroxylation sites is 2. The van der Waals surface area contributed by atoms with Crippen LogP contribution < -0.4 is 11.2 Å². The number of aromatic nitrogens is 1. The normalized spacial score (nSPS) is 20.1. The summed E-state index contributed by atoms with van der Waals surface area (Å²) >= 11 is 6.77. The van der Waals surface area contributed by atoms with Crippen LogP contribution in [0.3, 0.4) is 0 Å². The quantitative estimate of drug-likeness (QED) is 0.422. The van der Waals surface area contributed by atoms with Crippen LogP contribution in [0.15, 0.2) is 83.3 Å². The van der Waals surface area contributed by atoms with Crippen LogP contribution >= 0.6 is 11.6 Å². The van der Waals surface area contributed by atoms with Crippen molar-refractivity contribution in [2.45, 2.75) is 46.0 Å². The van der Waals surface area contributed by atoms with Gasteiger partial charge in [-0.2, -0.15) is 0 Å². The Morgan fingerprint density at radius 2 is 1.82 bits per heavy atom. The molecule has 0 saturated heterocycles. The number of ketones is 1. The van der Waals surface area contributed by atoms with Crippen molar-refractivity contribution in [3.63, 3.8) is 0 Å².